The van der Waals surface area contributed by atoms with Crippen LogP contribution in [-0.2, 0) is 10.4 Å². The van der Waals surface area contributed by atoms with Crippen LogP contribution in [0.15, 0.2) is 42.7 Å². The highest BCUT2D eigenvalue weighted by molar-refractivity contribution is 5.95. The van der Waals surface area contributed by atoms with Gasteiger partial charge in [0.05, 0.1) is 5.60 Å². The number of benzene rings is 1. The summed E-state index contributed by atoms with van der Waals surface area (Å²) >= 11 is 0. The SMILES string of the molecule is CC(C)(O)c1cc(F)cc(-c2cnc3[nH]cc(/C=C/C(N)=O)c3c2)c1. The third-order valence-electron chi connectivity index (χ3n) is 3.93. The van der Waals surface area contributed by atoms with Crippen molar-refractivity contribution < 1.29 is 14.3 Å². The van der Waals surface area contributed by atoms with Crippen molar-refractivity contribution in [1.29, 1.82) is 0 Å². The first-order chi connectivity index (χ1) is 11.7. The largest absolute Gasteiger partial charge is 0.386 e. The summed E-state index contributed by atoms with van der Waals surface area (Å²) in [4.78, 5) is 18.3. The van der Waals surface area contributed by atoms with Gasteiger partial charge >= 0.3 is 0 Å². The molecule has 4 N–H and O–H groups in total. The zero-order valence-electron chi connectivity index (χ0n) is 13.9. The Morgan fingerprint density at radius 3 is 2.72 bits per heavy atom. The number of aromatic nitrogens is 2. The first kappa shape index (κ1) is 16.9. The molecule has 0 radical (unpaired) electrons. The number of nitrogens with zero attached hydrogens (tertiary/aromatic N) is 1. The second kappa shape index (κ2) is 6.14. The monoisotopic (exact) mass is 339 g/mol. The van der Waals surface area contributed by atoms with E-state index in [1.165, 1.54) is 18.2 Å². The van der Waals surface area contributed by atoms with Crippen LogP contribution in [0.5, 0.6) is 0 Å². The lowest BCUT2D eigenvalue weighted by molar-refractivity contribution is -0.113. The van der Waals surface area contributed by atoms with Crippen LogP contribution in [-0.4, -0.2) is 21.0 Å². The normalized spacial score (nSPS) is 12.2. The van der Waals surface area contributed by atoms with Crippen LogP contribution in [0, 0.1) is 5.82 Å². The Hall–Kier alpha value is -2.99. The fraction of sp³-hybridized carbons (Fsp3) is 0.158. The maximum Gasteiger partial charge on any atom is 0.241 e. The van der Waals surface area contributed by atoms with Crippen molar-refractivity contribution in [3.05, 3.63) is 59.7 Å². The molecule has 0 bridgehead atoms. The van der Waals surface area contributed by atoms with E-state index in [0.29, 0.717) is 22.3 Å². The van der Waals surface area contributed by atoms with Crippen LogP contribution in [0.1, 0.15) is 25.0 Å². The van der Waals surface area contributed by atoms with E-state index in [0.717, 1.165) is 10.9 Å². The highest BCUT2D eigenvalue weighted by Gasteiger charge is 2.18. The van der Waals surface area contributed by atoms with E-state index in [1.807, 2.05) is 6.07 Å². The summed E-state index contributed by atoms with van der Waals surface area (Å²) in [5.74, 6) is -0.976. The molecular formula is C19H18FN3O2. The van der Waals surface area contributed by atoms with Gasteiger partial charge in [-0.3, -0.25) is 4.79 Å². The lowest BCUT2D eigenvalue weighted by Gasteiger charge is -2.19. The number of rotatable bonds is 4. The van der Waals surface area contributed by atoms with Gasteiger partial charge in [0.1, 0.15) is 11.5 Å². The number of amides is 1. The summed E-state index contributed by atoms with van der Waals surface area (Å²) in [5, 5.41) is 10.9. The number of fused-ring (bicyclic) bond motifs is 1. The first-order valence-corrected chi connectivity index (χ1v) is 7.72. The Kier molecular flexibility index (Phi) is 4.14. The van der Waals surface area contributed by atoms with Crippen molar-refractivity contribution in [3.8, 4) is 11.1 Å². The number of hydrogen-bond donors (Lipinski definition) is 3. The summed E-state index contributed by atoms with van der Waals surface area (Å²) in [6, 6.07) is 6.29. The van der Waals surface area contributed by atoms with E-state index in [9.17, 15) is 14.3 Å². The van der Waals surface area contributed by atoms with E-state index in [2.05, 4.69) is 9.97 Å². The molecule has 0 aliphatic rings. The topological polar surface area (TPSA) is 92.0 Å². The molecule has 3 aromatic rings. The van der Waals surface area contributed by atoms with Gasteiger partial charge in [-0.2, -0.15) is 0 Å². The van der Waals surface area contributed by atoms with Crippen LogP contribution in [0.25, 0.3) is 28.2 Å². The summed E-state index contributed by atoms with van der Waals surface area (Å²) in [7, 11) is 0. The molecule has 6 heteroatoms. The zero-order valence-corrected chi connectivity index (χ0v) is 13.9. The fourth-order valence-corrected chi connectivity index (χ4v) is 2.60. The van der Waals surface area contributed by atoms with Gasteiger partial charge in [0.15, 0.2) is 0 Å². The summed E-state index contributed by atoms with van der Waals surface area (Å²) < 4.78 is 14.0. The third-order valence-corrected chi connectivity index (χ3v) is 3.93. The maximum atomic E-state index is 14.0. The molecule has 0 saturated heterocycles. The lowest BCUT2D eigenvalue weighted by atomic mass is 9.94. The fourth-order valence-electron chi connectivity index (χ4n) is 2.60. The molecule has 0 atom stereocenters. The second-order valence-corrected chi connectivity index (χ2v) is 6.39. The Balaban J connectivity index is 2.12. The molecular weight excluding hydrogens is 321 g/mol. The highest BCUT2D eigenvalue weighted by atomic mass is 19.1. The molecule has 3 rings (SSSR count). The molecule has 1 amide bonds. The average Bonchev–Trinajstić information content (AvgIpc) is 2.93. The molecule has 25 heavy (non-hydrogen) atoms. The number of hydrogen-bond acceptors (Lipinski definition) is 3. The molecule has 2 heterocycles. The van der Waals surface area contributed by atoms with E-state index >= 15 is 0 Å². The van der Waals surface area contributed by atoms with E-state index in [1.54, 1.807) is 38.4 Å². The average molecular weight is 339 g/mol. The molecule has 1 aromatic carbocycles. The predicted octanol–water partition coefficient (Wildman–Crippen LogP) is 3.09. The van der Waals surface area contributed by atoms with Crippen molar-refractivity contribution in [2.75, 3.05) is 0 Å². The molecule has 0 fully saturated rings. The number of halogens is 1. The van der Waals surface area contributed by atoms with E-state index in [4.69, 9.17) is 5.73 Å². The van der Waals surface area contributed by atoms with Crippen LogP contribution < -0.4 is 5.73 Å². The number of pyridine rings is 1. The van der Waals surface area contributed by atoms with Gasteiger partial charge in [0.25, 0.3) is 0 Å². The van der Waals surface area contributed by atoms with Crippen molar-refractivity contribution in [2.24, 2.45) is 5.73 Å². The van der Waals surface area contributed by atoms with Crippen LogP contribution in [0.2, 0.25) is 0 Å². The van der Waals surface area contributed by atoms with Gasteiger partial charge in [-0.25, -0.2) is 9.37 Å². The number of carbonyl (C=O) groups is 1. The lowest BCUT2D eigenvalue weighted by Crippen LogP contribution is -2.15. The quantitative estimate of drug-likeness (QED) is 0.638. The standard InChI is InChI=1S/C19H18FN3O2/c1-19(2,25)14-5-12(6-15(20)8-14)13-7-16-11(3-4-17(21)24)9-22-18(16)23-10-13/h3-10,25H,1-2H3,(H2,21,24)(H,22,23)/b4-3+. The number of aliphatic hydroxyl groups is 1. The summed E-state index contributed by atoms with van der Waals surface area (Å²) in [6.07, 6.45) is 6.21. The first-order valence-electron chi connectivity index (χ1n) is 7.72. The van der Waals surface area contributed by atoms with Gasteiger partial charge in [-0.05, 0) is 55.3 Å². The second-order valence-electron chi connectivity index (χ2n) is 6.39. The van der Waals surface area contributed by atoms with E-state index < -0.39 is 17.3 Å². The molecule has 0 aliphatic carbocycles. The minimum atomic E-state index is -1.15. The predicted molar refractivity (Wildman–Crippen MR) is 95.0 cm³/mol. The minimum absolute atomic E-state index is 0.433. The van der Waals surface area contributed by atoms with Crippen LogP contribution in [0.4, 0.5) is 4.39 Å². The minimum Gasteiger partial charge on any atom is -0.386 e. The molecule has 0 saturated carbocycles. The highest BCUT2D eigenvalue weighted by Crippen LogP contribution is 2.30. The smallest absolute Gasteiger partial charge is 0.241 e. The van der Waals surface area contributed by atoms with Gasteiger partial charge < -0.3 is 15.8 Å². The van der Waals surface area contributed by atoms with Crippen molar-refractivity contribution in [1.82, 2.24) is 9.97 Å². The molecule has 2 aromatic heterocycles. The maximum absolute atomic E-state index is 14.0. The Morgan fingerprint density at radius 2 is 2.04 bits per heavy atom. The van der Waals surface area contributed by atoms with E-state index in [-0.39, 0.29) is 0 Å². The molecule has 128 valence electrons. The van der Waals surface area contributed by atoms with Crippen molar-refractivity contribution >= 4 is 23.0 Å². The Morgan fingerprint density at radius 1 is 1.28 bits per heavy atom. The molecule has 0 spiro atoms. The number of nitrogens with one attached hydrogen (secondary N) is 1. The molecule has 0 aliphatic heterocycles. The number of primary amides is 1. The number of aromatic amines is 1. The van der Waals surface area contributed by atoms with Crippen LogP contribution >= 0.6 is 0 Å². The van der Waals surface area contributed by atoms with Crippen molar-refractivity contribution in [3.63, 3.8) is 0 Å². The molecule has 5 nitrogen and oxygen atoms in total. The van der Waals surface area contributed by atoms with Gasteiger partial charge in [0, 0.05) is 35.0 Å². The third kappa shape index (κ3) is 3.59. The van der Waals surface area contributed by atoms with Crippen molar-refractivity contribution in [2.45, 2.75) is 19.4 Å². The molecule has 0 unspecified atom stereocenters. The summed E-state index contributed by atoms with van der Waals surface area (Å²) in [5.41, 5.74) is 7.16. The number of H-pyrrole nitrogens is 1. The Labute approximate surface area is 144 Å². The van der Waals surface area contributed by atoms with Crippen LogP contribution in [0.3, 0.4) is 0 Å². The Bertz CT molecular complexity index is 984. The zero-order chi connectivity index (χ0) is 18.2. The summed E-state index contributed by atoms with van der Waals surface area (Å²) in [6.45, 7) is 3.21. The van der Waals surface area contributed by atoms with Gasteiger partial charge in [0.2, 0.25) is 5.91 Å². The van der Waals surface area contributed by atoms with Gasteiger partial charge in [-0.1, -0.05) is 0 Å². The van der Waals surface area contributed by atoms with Gasteiger partial charge in [-0.15, -0.1) is 0 Å². The number of carbonyl (C=O) groups excluding carboxylic acids is 1. The number of nitrogens with two attached hydrogens (primary N) is 1.